The average molecular weight is 161 g/mol. The zero-order valence-electron chi connectivity index (χ0n) is 4.13. The molecule has 0 bridgehead atoms. The van der Waals surface area contributed by atoms with Gasteiger partial charge in [-0.1, -0.05) is 28.1 Å². The molecule has 0 aromatic rings. The maximum Gasteiger partial charge on any atom is 0.0845 e. The normalized spacial score (nSPS) is 32.0. The lowest BCUT2D eigenvalue weighted by Crippen LogP contribution is -2.15. The van der Waals surface area contributed by atoms with Gasteiger partial charge >= 0.3 is 0 Å². The van der Waals surface area contributed by atoms with Crippen molar-refractivity contribution in [2.75, 3.05) is 7.05 Å². The van der Waals surface area contributed by atoms with Crippen molar-refractivity contribution in [3.63, 3.8) is 0 Å². The summed E-state index contributed by atoms with van der Waals surface area (Å²) in [5.74, 6) is 0. The molecule has 0 N–H and O–H groups in total. The van der Waals surface area contributed by atoms with Gasteiger partial charge in [-0.25, -0.2) is 0 Å². The summed E-state index contributed by atoms with van der Waals surface area (Å²) in [6, 6.07) is 0. The molecular formula is C5H7BrN. The van der Waals surface area contributed by atoms with Crippen LogP contribution in [0.4, 0.5) is 0 Å². The van der Waals surface area contributed by atoms with Crippen LogP contribution >= 0.6 is 15.9 Å². The molecule has 0 aromatic heterocycles. The van der Waals surface area contributed by atoms with Crippen molar-refractivity contribution >= 4 is 15.9 Å². The number of alkyl halides is 1. The fourth-order valence-corrected chi connectivity index (χ4v) is 0.808. The highest BCUT2D eigenvalue weighted by molar-refractivity contribution is 9.09. The molecule has 1 aliphatic rings. The summed E-state index contributed by atoms with van der Waals surface area (Å²) in [4.78, 5) is 2.51. The SMILES string of the molecule is CN1[CH]C=CC1Br. The molecule has 1 aliphatic heterocycles. The minimum atomic E-state index is 0.424. The number of hydrogen-bond acceptors (Lipinski definition) is 1. The van der Waals surface area contributed by atoms with E-state index in [-0.39, 0.29) is 0 Å². The number of hydrogen-bond donors (Lipinski definition) is 0. The average Bonchev–Trinajstić information content (AvgIpc) is 1.91. The third-order valence-corrected chi connectivity index (χ3v) is 1.93. The Kier molecular flexibility index (Phi) is 1.50. The highest BCUT2D eigenvalue weighted by atomic mass is 79.9. The lowest BCUT2D eigenvalue weighted by molar-refractivity contribution is 0.469. The van der Waals surface area contributed by atoms with Crippen LogP contribution in [0.1, 0.15) is 0 Å². The van der Waals surface area contributed by atoms with E-state index in [9.17, 15) is 0 Å². The summed E-state index contributed by atoms with van der Waals surface area (Å²) in [6.07, 6.45) is 4.11. The fraction of sp³-hybridized carbons (Fsp3) is 0.400. The molecule has 1 radical (unpaired) electrons. The first-order valence-corrected chi connectivity index (χ1v) is 3.10. The molecule has 0 saturated carbocycles. The van der Waals surface area contributed by atoms with Gasteiger partial charge < -0.3 is 0 Å². The molecule has 1 unspecified atom stereocenters. The molecule has 0 aliphatic carbocycles. The van der Waals surface area contributed by atoms with E-state index in [2.05, 4.69) is 26.9 Å². The lowest BCUT2D eigenvalue weighted by Gasteiger charge is -2.09. The van der Waals surface area contributed by atoms with Gasteiger partial charge in [0.2, 0.25) is 0 Å². The smallest absolute Gasteiger partial charge is 0.0845 e. The standard InChI is InChI=1S/C5H7BrN/c1-7-4-2-3-5(7)6/h2-5H,1H3. The second-order valence-corrected chi connectivity index (χ2v) is 2.51. The Morgan fingerprint density at radius 2 is 2.43 bits per heavy atom. The second-order valence-electron chi connectivity index (χ2n) is 1.57. The van der Waals surface area contributed by atoms with Crippen molar-refractivity contribution in [1.82, 2.24) is 4.90 Å². The Morgan fingerprint density at radius 1 is 1.71 bits per heavy atom. The fourth-order valence-electron chi connectivity index (χ4n) is 0.495. The van der Waals surface area contributed by atoms with Gasteiger partial charge in [0.05, 0.1) is 4.95 Å². The molecule has 0 aromatic carbocycles. The number of rotatable bonds is 0. The van der Waals surface area contributed by atoms with Crippen molar-refractivity contribution in [2.24, 2.45) is 0 Å². The van der Waals surface area contributed by atoms with Crippen molar-refractivity contribution < 1.29 is 0 Å². The third kappa shape index (κ3) is 1.04. The van der Waals surface area contributed by atoms with Gasteiger partial charge in [-0.05, 0) is 7.05 Å². The molecule has 1 atom stereocenters. The highest BCUT2D eigenvalue weighted by Crippen LogP contribution is 2.14. The summed E-state index contributed by atoms with van der Waals surface area (Å²) in [5.41, 5.74) is 0. The number of likely N-dealkylation sites (N-methyl/N-ethyl adjacent to an activating group) is 1. The van der Waals surface area contributed by atoms with Crippen LogP contribution in [0.25, 0.3) is 0 Å². The van der Waals surface area contributed by atoms with Crippen LogP contribution < -0.4 is 0 Å². The van der Waals surface area contributed by atoms with Crippen LogP contribution in [0.15, 0.2) is 12.2 Å². The largest absolute Gasteiger partial charge is 0.282 e. The van der Waals surface area contributed by atoms with Gasteiger partial charge in [-0.3, -0.25) is 4.90 Å². The third-order valence-electron chi connectivity index (χ3n) is 0.980. The number of halogens is 1. The van der Waals surface area contributed by atoms with E-state index in [4.69, 9.17) is 0 Å². The van der Waals surface area contributed by atoms with E-state index in [1.165, 1.54) is 0 Å². The van der Waals surface area contributed by atoms with E-state index in [0.717, 1.165) is 0 Å². The predicted molar refractivity (Wildman–Crippen MR) is 33.9 cm³/mol. The molecule has 1 nitrogen and oxygen atoms in total. The summed E-state index contributed by atoms with van der Waals surface area (Å²) >= 11 is 3.41. The summed E-state index contributed by atoms with van der Waals surface area (Å²) < 4.78 is 0. The van der Waals surface area contributed by atoms with E-state index >= 15 is 0 Å². The second kappa shape index (κ2) is 1.97. The Labute approximate surface area is 52.1 Å². The Hall–Kier alpha value is 0.180. The van der Waals surface area contributed by atoms with E-state index < -0.39 is 0 Å². The molecule has 1 rings (SSSR count). The first-order valence-electron chi connectivity index (χ1n) is 2.18. The summed E-state index contributed by atoms with van der Waals surface area (Å²) in [6.45, 7) is 2.03. The van der Waals surface area contributed by atoms with E-state index in [1.807, 2.05) is 19.7 Å². The molecule has 39 valence electrons. The summed E-state index contributed by atoms with van der Waals surface area (Å²) in [7, 11) is 2.03. The molecule has 0 amide bonds. The highest BCUT2D eigenvalue weighted by Gasteiger charge is 2.09. The van der Waals surface area contributed by atoms with E-state index in [0.29, 0.717) is 4.95 Å². The maximum absolute atomic E-state index is 3.41. The summed E-state index contributed by atoms with van der Waals surface area (Å²) in [5, 5.41) is 0. The molecule has 0 saturated heterocycles. The number of nitrogens with zero attached hydrogens (tertiary/aromatic N) is 1. The predicted octanol–water partition coefficient (Wildman–Crippen LogP) is 1.37. The van der Waals surface area contributed by atoms with Crippen molar-refractivity contribution in [3.8, 4) is 0 Å². The van der Waals surface area contributed by atoms with Crippen LogP contribution in [0.5, 0.6) is 0 Å². The topological polar surface area (TPSA) is 3.24 Å². The van der Waals surface area contributed by atoms with Gasteiger partial charge in [-0.2, -0.15) is 0 Å². The molecular weight excluding hydrogens is 154 g/mol. The quantitative estimate of drug-likeness (QED) is 0.383. The maximum atomic E-state index is 3.41. The van der Waals surface area contributed by atoms with Crippen LogP contribution in [-0.2, 0) is 0 Å². The minimum Gasteiger partial charge on any atom is -0.282 e. The van der Waals surface area contributed by atoms with Crippen molar-refractivity contribution in [3.05, 3.63) is 18.7 Å². The first kappa shape index (κ1) is 5.32. The first-order chi connectivity index (χ1) is 3.30. The zero-order chi connectivity index (χ0) is 5.28. The monoisotopic (exact) mass is 160 g/mol. The van der Waals surface area contributed by atoms with Crippen LogP contribution in [-0.4, -0.2) is 16.9 Å². The van der Waals surface area contributed by atoms with Crippen LogP contribution in [0.2, 0.25) is 0 Å². The van der Waals surface area contributed by atoms with Crippen LogP contribution in [0.3, 0.4) is 0 Å². The van der Waals surface area contributed by atoms with Crippen LogP contribution in [0, 0.1) is 6.54 Å². The van der Waals surface area contributed by atoms with Gasteiger partial charge in [0.1, 0.15) is 0 Å². The Morgan fingerprint density at radius 3 is 2.57 bits per heavy atom. The van der Waals surface area contributed by atoms with Crippen molar-refractivity contribution in [2.45, 2.75) is 4.95 Å². The minimum absolute atomic E-state index is 0.424. The van der Waals surface area contributed by atoms with Gasteiger partial charge in [-0.15, -0.1) is 0 Å². The lowest BCUT2D eigenvalue weighted by atomic mass is 10.6. The van der Waals surface area contributed by atoms with Gasteiger partial charge in [0.25, 0.3) is 0 Å². The molecule has 0 fully saturated rings. The van der Waals surface area contributed by atoms with Gasteiger partial charge in [0, 0.05) is 6.54 Å². The van der Waals surface area contributed by atoms with Crippen molar-refractivity contribution in [1.29, 1.82) is 0 Å². The van der Waals surface area contributed by atoms with Gasteiger partial charge in [0.15, 0.2) is 0 Å². The Balaban J connectivity index is 2.45. The molecule has 7 heavy (non-hydrogen) atoms. The molecule has 0 spiro atoms. The Bertz CT molecular complexity index is 90.1. The molecule has 2 heteroatoms. The zero-order valence-corrected chi connectivity index (χ0v) is 5.72. The van der Waals surface area contributed by atoms with E-state index in [1.54, 1.807) is 0 Å². The molecule has 1 heterocycles.